The minimum Gasteiger partial charge on any atom is -0.475 e. The molecule has 7 heteroatoms. The average Bonchev–Trinajstić information content (AvgIpc) is 2.97. The summed E-state index contributed by atoms with van der Waals surface area (Å²) in [5, 5.41) is 22.7. The summed E-state index contributed by atoms with van der Waals surface area (Å²) in [4.78, 5) is 23.1. The number of hydrogen-bond acceptors (Lipinski definition) is 5. The van der Waals surface area contributed by atoms with Gasteiger partial charge in [0.2, 0.25) is 5.76 Å². The zero-order valence-electron chi connectivity index (χ0n) is 12.5. The van der Waals surface area contributed by atoms with Crippen LogP contribution in [-0.2, 0) is 11.2 Å². The summed E-state index contributed by atoms with van der Waals surface area (Å²) < 4.78 is 5.30. The highest BCUT2D eigenvalue weighted by Crippen LogP contribution is 2.25. The van der Waals surface area contributed by atoms with Crippen molar-refractivity contribution >= 4 is 17.6 Å². The standard InChI is InChI=1S/C16H18N2O5/c19-10-4-1-3-9(7-10)15(20)18-17-12-5-2-6-13-11(12)8-14(23-13)16(21)22/h3,8,10,19H,1-2,4-7H2,(H,18,20)(H,21,22)/b17-12+. The number of aromatic carboxylic acids is 1. The van der Waals surface area contributed by atoms with Crippen molar-refractivity contribution in [3.8, 4) is 0 Å². The number of rotatable bonds is 3. The Morgan fingerprint density at radius 2 is 2.17 bits per heavy atom. The van der Waals surface area contributed by atoms with Gasteiger partial charge < -0.3 is 14.6 Å². The number of carbonyl (C=O) groups is 2. The van der Waals surface area contributed by atoms with E-state index >= 15 is 0 Å². The Morgan fingerprint density at radius 1 is 1.35 bits per heavy atom. The van der Waals surface area contributed by atoms with E-state index in [0.717, 1.165) is 6.42 Å². The van der Waals surface area contributed by atoms with Crippen LogP contribution >= 0.6 is 0 Å². The Morgan fingerprint density at radius 3 is 2.91 bits per heavy atom. The number of carboxylic acid groups (broad SMARTS) is 1. The molecule has 0 fully saturated rings. The summed E-state index contributed by atoms with van der Waals surface area (Å²) in [6.07, 6.45) is 5.10. The van der Waals surface area contributed by atoms with Crippen LogP contribution in [0.4, 0.5) is 0 Å². The van der Waals surface area contributed by atoms with Crippen LogP contribution in [0.5, 0.6) is 0 Å². The summed E-state index contributed by atoms with van der Waals surface area (Å²) in [5.41, 5.74) is 4.30. The first-order chi connectivity index (χ1) is 11.0. The van der Waals surface area contributed by atoms with Gasteiger partial charge in [0, 0.05) is 30.0 Å². The molecule has 3 rings (SSSR count). The Hall–Kier alpha value is -2.41. The van der Waals surface area contributed by atoms with Gasteiger partial charge in [0.25, 0.3) is 5.91 Å². The molecule has 0 saturated heterocycles. The molecule has 2 aliphatic carbocycles. The summed E-state index contributed by atoms with van der Waals surface area (Å²) in [6, 6.07) is 1.45. The highest BCUT2D eigenvalue weighted by molar-refractivity contribution is 6.04. The number of nitrogens with one attached hydrogen (secondary N) is 1. The van der Waals surface area contributed by atoms with Crippen LogP contribution in [0.3, 0.4) is 0 Å². The van der Waals surface area contributed by atoms with E-state index in [0.29, 0.717) is 54.7 Å². The Kier molecular flexibility index (Phi) is 4.29. The molecule has 0 radical (unpaired) electrons. The van der Waals surface area contributed by atoms with Crippen molar-refractivity contribution in [1.29, 1.82) is 0 Å². The van der Waals surface area contributed by atoms with Crippen molar-refractivity contribution in [3.63, 3.8) is 0 Å². The SMILES string of the molecule is O=C(N/N=C1\CCCc2oc(C(=O)O)cc21)C1=CCCC(O)C1. The number of carbonyl (C=O) groups excluding carboxylic acids is 1. The first-order valence-electron chi connectivity index (χ1n) is 7.65. The Balaban J connectivity index is 1.75. The van der Waals surface area contributed by atoms with Crippen LogP contribution in [0.1, 0.15) is 54.0 Å². The fraction of sp³-hybridized carbons (Fsp3) is 0.438. The third kappa shape index (κ3) is 3.34. The smallest absolute Gasteiger partial charge is 0.371 e. The number of hydrogen-bond donors (Lipinski definition) is 3. The molecule has 7 nitrogen and oxygen atoms in total. The lowest BCUT2D eigenvalue weighted by molar-refractivity contribution is -0.118. The average molecular weight is 318 g/mol. The van der Waals surface area contributed by atoms with E-state index in [9.17, 15) is 14.7 Å². The molecule has 23 heavy (non-hydrogen) atoms. The molecular weight excluding hydrogens is 300 g/mol. The maximum Gasteiger partial charge on any atom is 0.371 e. The second kappa shape index (κ2) is 6.37. The highest BCUT2D eigenvalue weighted by atomic mass is 16.4. The number of aryl methyl sites for hydroxylation is 1. The zero-order valence-corrected chi connectivity index (χ0v) is 12.5. The second-order valence-corrected chi connectivity index (χ2v) is 5.77. The van der Waals surface area contributed by atoms with E-state index in [1.165, 1.54) is 6.07 Å². The van der Waals surface area contributed by atoms with E-state index < -0.39 is 12.1 Å². The predicted octanol–water partition coefficient (Wildman–Crippen LogP) is 1.61. The minimum absolute atomic E-state index is 0.117. The van der Waals surface area contributed by atoms with Crippen LogP contribution < -0.4 is 5.43 Å². The quantitative estimate of drug-likeness (QED) is 0.733. The fourth-order valence-electron chi connectivity index (χ4n) is 2.90. The number of nitrogens with zero attached hydrogens (tertiary/aromatic N) is 1. The van der Waals surface area contributed by atoms with Gasteiger partial charge in [0.1, 0.15) is 5.76 Å². The number of fused-ring (bicyclic) bond motifs is 1. The zero-order chi connectivity index (χ0) is 16.4. The molecule has 122 valence electrons. The van der Waals surface area contributed by atoms with Crippen LogP contribution in [-0.4, -0.2) is 33.9 Å². The molecule has 0 saturated carbocycles. The number of allylic oxidation sites excluding steroid dienone is 1. The predicted molar refractivity (Wildman–Crippen MR) is 81.2 cm³/mol. The number of furan rings is 1. The Bertz CT molecular complexity index is 701. The van der Waals surface area contributed by atoms with Gasteiger partial charge in [-0.15, -0.1) is 0 Å². The summed E-state index contributed by atoms with van der Waals surface area (Å²) in [7, 11) is 0. The van der Waals surface area contributed by atoms with Crippen molar-refractivity contribution in [3.05, 3.63) is 34.8 Å². The lowest BCUT2D eigenvalue weighted by Gasteiger charge is -2.17. The first-order valence-corrected chi connectivity index (χ1v) is 7.65. The van der Waals surface area contributed by atoms with Gasteiger partial charge in [-0.3, -0.25) is 4.79 Å². The number of aliphatic hydroxyl groups excluding tert-OH is 1. The van der Waals surface area contributed by atoms with E-state index in [1.54, 1.807) is 0 Å². The maximum absolute atomic E-state index is 12.1. The summed E-state index contributed by atoms with van der Waals surface area (Å²) in [5.74, 6) is -0.975. The van der Waals surface area contributed by atoms with Crippen molar-refractivity contribution in [2.75, 3.05) is 0 Å². The molecule has 1 atom stereocenters. The van der Waals surface area contributed by atoms with Gasteiger partial charge in [-0.25, -0.2) is 10.2 Å². The largest absolute Gasteiger partial charge is 0.475 e. The van der Waals surface area contributed by atoms with Gasteiger partial charge in [-0.1, -0.05) is 6.08 Å². The third-order valence-corrected chi connectivity index (χ3v) is 4.08. The van der Waals surface area contributed by atoms with Crippen molar-refractivity contribution in [2.24, 2.45) is 5.10 Å². The van der Waals surface area contributed by atoms with Crippen LogP contribution in [0.2, 0.25) is 0 Å². The van der Waals surface area contributed by atoms with Crippen molar-refractivity contribution < 1.29 is 24.2 Å². The first kappa shape index (κ1) is 15.5. The molecule has 1 aromatic heterocycles. The number of hydrazone groups is 1. The molecule has 0 aromatic carbocycles. The normalized spacial score (nSPS) is 22.4. The minimum atomic E-state index is -1.12. The van der Waals surface area contributed by atoms with Gasteiger partial charge in [-0.05, 0) is 25.7 Å². The number of aliphatic hydroxyl groups is 1. The molecule has 1 amide bonds. The van der Waals surface area contributed by atoms with E-state index in [-0.39, 0.29) is 11.7 Å². The van der Waals surface area contributed by atoms with Crippen LogP contribution in [0, 0.1) is 0 Å². The molecule has 0 aliphatic heterocycles. The van der Waals surface area contributed by atoms with Gasteiger partial charge in [-0.2, -0.15) is 5.10 Å². The lowest BCUT2D eigenvalue weighted by atomic mass is 9.96. The lowest BCUT2D eigenvalue weighted by Crippen LogP contribution is -2.26. The number of amides is 1. The molecule has 2 aliphatic rings. The molecule has 1 unspecified atom stereocenters. The molecule has 1 heterocycles. The summed E-state index contributed by atoms with van der Waals surface area (Å²) >= 11 is 0. The van der Waals surface area contributed by atoms with Gasteiger partial charge in [0.05, 0.1) is 11.8 Å². The van der Waals surface area contributed by atoms with Crippen LogP contribution in [0.25, 0.3) is 0 Å². The molecule has 0 bridgehead atoms. The Labute approximate surface area is 132 Å². The second-order valence-electron chi connectivity index (χ2n) is 5.77. The third-order valence-electron chi connectivity index (χ3n) is 4.08. The van der Waals surface area contributed by atoms with E-state index in [1.807, 2.05) is 6.08 Å². The summed E-state index contributed by atoms with van der Waals surface area (Å²) in [6.45, 7) is 0. The monoisotopic (exact) mass is 318 g/mol. The fourth-order valence-corrected chi connectivity index (χ4v) is 2.90. The van der Waals surface area contributed by atoms with Gasteiger partial charge in [0.15, 0.2) is 0 Å². The molecule has 1 aromatic rings. The molecule has 3 N–H and O–H groups in total. The van der Waals surface area contributed by atoms with Crippen LogP contribution in [0.15, 0.2) is 27.2 Å². The topological polar surface area (TPSA) is 112 Å². The maximum atomic E-state index is 12.1. The molecule has 0 spiro atoms. The molecular formula is C16H18N2O5. The van der Waals surface area contributed by atoms with E-state index in [2.05, 4.69) is 10.5 Å². The van der Waals surface area contributed by atoms with E-state index in [4.69, 9.17) is 9.52 Å². The van der Waals surface area contributed by atoms with Gasteiger partial charge >= 0.3 is 5.97 Å². The number of carboxylic acids is 1. The van der Waals surface area contributed by atoms with Crippen molar-refractivity contribution in [2.45, 2.75) is 44.6 Å². The highest BCUT2D eigenvalue weighted by Gasteiger charge is 2.24. The van der Waals surface area contributed by atoms with Crippen molar-refractivity contribution in [1.82, 2.24) is 5.43 Å².